The predicted molar refractivity (Wildman–Crippen MR) is 60.6 cm³/mol. The van der Waals surface area contributed by atoms with Crippen LogP contribution in [0.2, 0.25) is 0 Å². The van der Waals surface area contributed by atoms with Gasteiger partial charge in [-0.2, -0.15) is 0 Å². The lowest BCUT2D eigenvalue weighted by atomic mass is 9.78. The van der Waals surface area contributed by atoms with Gasteiger partial charge in [0, 0.05) is 19.6 Å². The summed E-state index contributed by atoms with van der Waals surface area (Å²) in [5.41, 5.74) is -0.0346. The van der Waals surface area contributed by atoms with Gasteiger partial charge in [0.1, 0.15) is 0 Å². The zero-order valence-corrected chi connectivity index (χ0v) is 9.88. The first kappa shape index (κ1) is 10.9. The molecule has 2 fully saturated rings. The van der Waals surface area contributed by atoms with E-state index in [1.54, 1.807) is 0 Å². The molecule has 2 rings (SSSR count). The second-order valence-electron chi connectivity index (χ2n) is 5.52. The van der Waals surface area contributed by atoms with E-state index >= 15 is 0 Å². The minimum absolute atomic E-state index is 0.0346. The van der Waals surface area contributed by atoms with E-state index in [1.165, 1.54) is 13.0 Å². The molecule has 2 heterocycles. The monoisotopic (exact) mass is 210 g/mol. The number of likely N-dealkylation sites (tertiary alicyclic amines) is 1. The van der Waals surface area contributed by atoms with Crippen LogP contribution in [0.25, 0.3) is 0 Å². The fraction of sp³-hybridized carbons (Fsp3) is 0.917. The van der Waals surface area contributed by atoms with E-state index in [0.717, 1.165) is 32.5 Å². The summed E-state index contributed by atoms with van der Waals surface area (Å²) < 4.78 is 0. The average molecular weight is 210 g/mol. The van der Waals surface area contributed by atoms with Crippen molar-refractivity contribution in [3.8, 4) is 0 Å². The van der Waals surface area contributed by atoms with E-state index in [2.05, 4.69) is 24.1 Å². The third kappa shape index (κ3) is 2.17. The van der Waals surface area contributed by atoms with Crippen molar-refractivity contribution in [1.29, 1.82) is 0 Å². The van der Waals surface area contributed by atoms with Crippen LogP contribution < -0.4 is 5.32 Å². The third-order valence-electron chi connectivity index (χ3n) is 3.65. The molecule has 0 aliphatic carbocycles. The smallest absolute Gasteiger partial charge is 0.227 e. The van der Waals surface area contributed by atoms with Gasteiger partial charge in [-0.25, -0.2) is 0 Å². The molecule has 86 valence electrons. The second kappa shape index (κ2) is 4.12. The van der Waals surface area contributed by atoms with Gasteiger partial charge in [-0.05, 0) is 31.7 Å². The maximum atomic E-state index is 11.8. The predicted octanol–water partition coefficient (Wildman–Crippen LogP) is 1.24. The van der Waals surface area contributed by atoms with Crippen LogP contribution in [0.15, 0.2) is 0 Å². The van der Waals surface area contributed by atoms with Gasteiger partial charge in [0.15, 0.2) is 0 Å². The fourth-order valence-corrected chi connectivity index (χ4v) is 3.01. The van der Waals surface area contributed by atoms with Crippen LogP contribution in [0.1, 0.15) is 33.1 Å². The molecular formula is C12H22N2O. The summed E-state index contributed by atoms with van der Waals surface area (Å²) in [5, 5.41) is 2.99. The van der Waals surface area contributed by atoms with Crippen LogP contribution in [0.5, 0.6) is 0 Å². The van der Waals surface area contributed by atoms with E-state index in [1.807, 2.05) is 0 Å². The second-order valence-corrected chi connectivity index (χ2v) is 5.52. The van der Waals surface area contributed by atoms with E-state index in [0.29, 0.717) is 11.8 Å². The number of hydrogen-bond donors (Lipinski definition) is 1. The Kier molecular flexibility index (Phi) is 3.01. The number of carbonyl (C=O) groups excluding carboxylic acids is 1. The molecule has 15 heavy (non-hydrogen) atoms. The van der Waals surface area contributed by atoms with E-state index < -0.39 is 0 Å². The van der Waals surface area contributed by atoms with Crippen molar-refractivity contribution in [2.75, 3.05) is 26.2 Å². The molecule has 3 heteroatoms. The first-order chi connectivity index (χ1) is 7.12. The van der Waals surface area contributed by atoms with Crippen LogP contribution in [0.4, 0.5) is 0 Å². The zero-order valence-electron chi connectivity index (χ0n) is 9.88. The summed E-state index contributed by atoms with van der Waals surface area (Å²) in [6, 6.07) is 0. The highest BCUT2D eigenvalue weighted by Crippen LogP contribution is 2.36. The summed E-state index contributed by atoms with van der Waals surface area (Å²) >= 11 is 0. The lowest BCUT2D eigenvalue weighted by molar-refractivity contribution is -0.130. The van der Waals surface area contributed by atoms with Crippen LogP contribution in [-0.2, 0) is 4.79 Å². The molecule has 2 aliphatic rings. The Morgan fingerprint density at radius 1 is 1.47 bits per heavy atom. The van der Waals surface area contributed by atoms with Crippen LogP contribution in [-0.4, -0.2) is 37.0 Å². The Morgan fingerprint density at radius 2 is 2.27 bits per heavy atom. The Morgan fingerprint density at radius 3 is 2.87 bits per heavy atom. The summed E-state index contributed by atoms with van der Waals surface area (Å²) in [7, 11) is 0. The molecule has 1 spiro atoms. The van der Waals surface area contributed by atoms with Crippen LogP contribution in [0, 0.1) is 11.3 Å². The minimum Gasteiger partial charge on any atom is -0.356 e. The molecule has 0 saturated carbocycles. The molecule has 0 aromatic rings. The molecule has 0 radical (unpaired) electrons. The van der Waals surface area contributed by atoms with Crippen LogP contribution >= 0.6 is 0 Å². The highest BCUT2D eigenvalue weighted by molar-refractivity contribution is 5.85. The molecule has 0 aromatic carbocycles. The summed E-state index contributed by atoms with van der Waals surface area (Å²) in [6.45, 7) is 8.67. The Bertz CT molecular complexity index is 252. The first-order valence-corrected chi connectivity index (χ1v) is 6.13. The number of nitrogens with zero attached hydrogens (tertiary/aromatic N) is 1. The molecule has 0 unspecified atom stereocenters. The highest BCUT2D eigenvalue weighted by atomic mass is 16.2. The van der Waals surface area contributed by atoms with Crippen LogP contribution in [0.3, 0.4) is 0 Å². The molecule has 1 N–H and O–H groups in total. The normalized spacial score (nSPS) is 32.6. The van der Waals surface area contributed by atoms with E-state index in [-0.39, 0.29) is 5.41 Å². The molecule has 0 bridgehead atoms. The Balaban J connectivity index is 2.00. The van der Waals surface area contributed by atoms with Crippen molar-refractivity contribution in [3.63, 3.8) is 0 Å². The SMILES string of the molecule is CC(C)CN1CCC[C@]2(CCNC2=O)C1. The average Bonchev–Trinajstić information content (AvgIpc) is 2.47. The lowest BCUT2D eigenvalue weighted by Crippen LogP contribution is -2.48. The summed E-state index contributed by atoms with van der Waals surface area (Å²) in [4.78, 5) is 14.3. The minimum atomic E-state index is -0.0346. The maximum absolute atomic E-state index is 11.8. The van der Waals surface area contributed by atoms with Gasteiger partial charge in [0.2, 0.25) is 5.91 Å². The number of amides is 1. The summed E-state index contributed by atoms with van der Waals surface area (Å²) in [5.74, 6) is 1.00. The van der Waals surface area contributed by atoms with Crippen molar-refractivity contribution in [3.05, 3.63) is 0 Å². The van der Waals surface area contributed by atoms with Gasteiger partial charge in [-0.1, -0.05) is 13.8 Å². The van der Waals surface area contributed by atoms with Gasteiger partial charge in [0.25, 0.3) is 0 Å². The quantitative estimate of drug-likeness (QED) is 0.744. The largest absolute Gasteiger partial charge is 0.356 e. The number of carbonyl (C=O) groups is 1. The molecule has 3 nitrogen and oxygen atoms in total. The molecule has 1 atom stereocenters. The third-order valence-corrected chi connectivity index (χ3v) is 3.65. The number of nitrogens with one attached hydrogen (secondary N) is 1. The Hall–Kier alpha value is -0.570. The molecular weight excluding hydrogens is 188 g/mol. The molecule has 2 aliphatic heterocycles. The van der Waals surface area contributed by atoms with Gasteiger partial charge >= 0.3 is 0 Å². The van der Waals surface area contributed by atoms with Crippen molar-refractivity contribution < 1.29 is 4.79 Å². The van der Waals surface area contributed by atoms with Gasteiger partial charge in [0.05, 0.1) is 5.41 Å². The highest BCUT2D eigenvalue weighted by Gasteiger charge is 2.44. The van der Waals surface area contributed by atoms with Crippen molar-refractivity contribution in [2.45, 2.75) is 33.1 Å². The van der Waals surface area contributed by atoms with Crippen molar-refractivity contribution in [1.82, 2.24) is 10.2 Å². The fourth-order valence-electron chi connectivity index (χ4n) is 3.01. The lowest BCUT2D eigenvalue weighted by Gasteiger charge is -2.39. The number of hydrogen-bond acceptors (Lipinski definition) is 2. The molecule has 1 amide bonds. The first-order valence-electron chi connectivity index (χ1n) is 6.13. The Labute approximate surface area is 92.2 Å². The molecule has 0 aromatic heterocycles. The van der Waals surface area contributed by atoms with Gasteiger partial charge in [-0.15, -0.1) is 0 Å². The standard InChI is InChI=1S/C12H22N2O/c1-10(2)8-14-7-3-4-12(9-14)5-6-13-11(12)15/h10H,3-9H2,1-2H3,(H,13,15)/t12-/m0/s1. The van der Waals surface area contributed by atoms with Gasteiger partial charge < -0.3 is 10.2 Å². The number of piperidine rings is 1. The topological polar surface area (TPSA) is 32.3 Å². The van der Waals surface area contributed by atoms with E-state index in [4.69, 9.17) is 0 Å². The zero-order chi connectivity index (χ0) is 10.9. The molecule has 2 saturated heterocycles. The maximum Gasteiger partial charge on any atom is 0.227 e. The van der Waals surface area contributed by atoms with Gasteiger partial charge in [-0.3, -0.25) is 4.79 Å². The summed E-state index contributed by atoms with van der Waals surface area (Å²) in [6.07, 6.45) is 3.31. The number of rotatable bonds is 2. The van der Waals surface area contributed by atoms with Crippen molar-refractivity contribution >= 4 is 5.91 Å². The van der Waals surface area contributed by atoms with Crippen molar-refractivity contribution in [2.24, 2.45) is 11.3 Å². The van der Waals surface area contributed by atoms with E-state index in [9.17, 15) is 4.79 Å².